The van der Waals surface area contributed by atoms with Gasteiger partial charge < -0.3 is 11.1 Å². The number of nitrogens with one attached hydrogen (secondary N) is 2. The molecule has 0 saturated heterocycles. The zero-order chi connectivity index (χ0) is 14.7. The predicted molar refractivity (Wildman–Crippen MR) is 63.4 cm³/mol. The topological polar surface area (TPSA) is 127 Å². The molecule has 1 rings (SSSR count). The molecule has 0 aliphatic carbocycles. The molecule has 8 nitrogen and oxygen atoms in total. The van der Waals surface area contributed by atoms with Crippen LogP contribution in [0, 0.1) is 0 Å². The Hall–Kier alpha value is -1.24. The lowest BCUT2D eigenvalue weighted by atomic mass is 10.3. The summed E-state index contributed by atoms with van der Waals surface area (Å²) in [4.78, 5) is 10.7. The van der Waals surface area contributed by atoms with Crippen molar-refractivity contribution in [3.8, 4) is 0 Å². The molecule has 0 atom stereocenters. The van der Waals surface area contributed by atoms with Crippen LogP contribution in [-0.2, 0) is 14.8 Å². The summed E-state index contributed by atoms with van der Waals surface area (Å²) < 4.78 is 50.0. The van der Waals surface area contributed by atoms with Crippen molar-refractivity contribution in [1.29, 1.82) is 0 Å². The molecule has 1 aromatic rings. The van der Waals surface area contributed by atoms with Gasteiger partial charge in [0.25, 0.3) is 15.9 Å². The fraction of sp³-hybridized carbons (Fsp3) is 0.571. The molecule has 0 fully saturated rings. The Morgan fingerprint density at radius 3 is 2.63 bits per heavy atom. The third kappa shape index (κ3) is 4.74. The molecule has 0 aromatic carbocycles. The maximum Gasteiger partial charge on any atom is 0.273 e. The molecule has 1 heterocycles. The average Bonchev–Trinajstić information content (AvgIpc) is 2.75. The number of hydrogen-bond acceptors (Lipinski definition) is 7. The van der Waals surface area contributed by atoms with Crippen LogP contribution in [0.15, 0.2) is 4.34 Å². The maximum atomic E-state index is 12.8. The third-order valence-corrected chi connectivity index (χ3v) is 4.35. The first-order valence-corrected chi connectivity index (χ1v) is 7.15. The van der Waals surface area contributed by atoms with Gasteiger partial charge in [0.15, 0.2) is 0 Å². The lowest BCUT2D eigenvalue weighted by Gasteiger charge is -2.13. The first kappa shape index (κ1) is 15.8. The van der Waals surface area contributed by atoms with Crippen LogP contribution in [0.4, 0.5) is 13.9 Å². The predicted octanol–water partition coefficient (Wildman–Crippen LogP) is -0.631. The van der Waals surface area contributed by atoms with Crippen molar-refractivity contribution in [2.75, 3.05) is 18.4 Å². The van der Waals surface area contributed by atoms with Gasteiger partial charge in [0.2, 0.25) is 15.4 Å². The summed E-state index contributed by atoms with van der Waals surface area (Å²) in [6.45, 7) is -0.917. The number of hydrogen-bond donors (Lipinski definition) is 3. The molecule has 0 saturated carbocycles. The molecular formula is C7H11F2N5O3S2. The van der Waals surface area contributed by atoms with Gasteiger partial charge in [-0.1, -0.05) is 11.3 Å². The van der Waals surface area contributed by atoms with Crippen LogP contribution < -0.4 is 15.8 Å². The Balaban J connectivity index is 2.78. The number of rotatable bonds is 6. The number of halogens is 2. The van der Waals surface area contributed by atoms with Gasteiger partial charge in [0.1, 0.15) is 0 Å². The molecule has 0 bridgehead atoms. The van der Waals surface area contributed by atoms with E-state index in [1.54, 1.807) is 4.72 Å². The lowest BCUT2D eigenvalue weighted by Crippen LogP contribution is -2.41. The monoisotopic (exact) mass is 315 g/mol. The van der Waals surface area contributed by atoms with Gasteiger partial charge in [-0.2, -0.15) is 0 Å². The number of aromatic nitrogens is 2. The van der Waals surface area contributed by atoms with Gasteiger partial charge in [-0.05, 0) is 0 Å². The molecule has 0 radical (unpaired) electrons. The minimum absolute atomic E-state index is 0.0431. The molecule has 12 heteroatoms. The summed E-state index contributed by atoms with van der Waals surface area (Å²) in [6.07, 6.45) is 0. The van der Waals surface area contributed by atoms with Crippen molar-refractivity contribution >= 4 is 32.4 Å². The molecule has 4 N–H and O–H groups in total. The fourth-order valence-electron chi connectivity index (χ4n) is 0.854. The largest absolute Gasteiger partial charge is 0.325 e. The first-order chi connectivity index (χ1) is 8.66. The van der Waals surface area contributed by atoms with E-state index in [-0.39, 0.29) is 5.13 Å². The van der Waals surface area contributed by atoms with Crippen LogP contribution in [0.2, 0.25) is 0 Å². The number of nitrogens with two attached hydrogens (primary N) is 1. The Labute approximate surface area is 111 Å². The molecule has 1 amide bonds. The lowest BCUT2D eigenvalue weighted by molar-refractivity contribution is -0.114. The van der Waals surface area contributed by atoms with Gasteiger partial charge in [-0.25, -0.2) is 21.9 Å². The zero-order valence-electron chi connectivity index (χ0n) is 9.68. The Kier molecular flexibility index (Phi) is 4.84. The van der Waals surface area contributed by atoms with Gasteiger partial charge in [-0.15, -0.1) is 10.2 Å². The normalized spacial score (nSPS) is 12.4. The number of nitrogens with zero attached hydrogens (tertiary/aromatic N) is 2. The van der Waals surface area contributed by atoms with Gasteiger partial charge in [-0.3, -0.25) is 4.79 Å². The summed E-state index contributed by atoms with van der Waals surface area (Å²) in [6, 6.07) is 0. The van der Waals surface area contributed by atoms with E-state index in [4.69, 9.17) is 5.73 Å². The van der Waals surface area contributed by atoms with E-state index in [1.165, 1.54) is 6.92 Å². The van der Waals surface area contributed by atoms with Crippen molar-refractivity contribution < 1.29 is 22.0 Å². The second-order valence-electron chi connectivity index (χ2n) is 3.44. The van der Waals surface area contributed by atoms with Crippen molar-refractivity contribution in [3.05, 3.63) is 0 Å². The van der Waals surface area contributed by atoms with E-state index >= 15 is 0 Å². The summed E-state index contributed by atoms with van der Waals surface area (Å²) in [5, 5.41) is 8.87. The van der Waals surface area contributed by atoms with E-state index in [0.29, 0.717) is 11.3 Å². The highest BCUT2D eigenvalue weighted by Gasteiger charge is 2.30. The summed E-state index contributed by atoms with van der Waals surface area (Å²) >= 11 is 0.546. The molecule has 108 valence electrons. The van der Waals surface area contributed by atoms with E-state index < -0.39 is 39.3 Å². The number of alkyl halides is 2. The van der Waals surface area contributed by atoms with Gasteiger partial charge in [0, 0.05) is 6.92 Å². The quantitative estimate of drug-likeness (QED) is 0.600. The molecule has 0 aliphatic heterocycles. The smallest absolute Gasteiger partial charge is 0.273 e. The second kappa shape index (κ2) is 5.81. The highest BCUT2D eigenvalue weighted by molar-refractivity contribution is 7.91. The van der Waals surface area contributed by atoms with E-state index in [2.05, 4.69) is 15.5 Å². The Bertz CT molecular complexity index is 559. The fourth-order valence-corrected chi connectivity index (χ4v) is 2.90. The van der Waals surface area contributed by atoms with Crippen molar-refractivity contribution in [2.45, 2.75) is 17.2 Å². The highest BCUT2D eigenvalue weighted by Crippen LogP contribution is 2.20. The SMILES string of the molecule is CC(=O)Nc1nnc(S(=O)(=O)NCC(F)(F)CN)s1. The van der Waals surface area contributed by atoms with E-state index in [9.17, 15) is 22.0 Å². The second-order valence-corrected chi connectivity index (χ2v) is 6.36. The standard InChI is InChI=1S/C7H11F2N5O3S2/c1-4(15)12-5-13-14-6(18-5)19(16,17)11-3-7(8,9)2-10/h11H,2-3,10H2,1H3,(H,12,13,15). The number of carbonyl (C=O) groups excluding carboxylic acids is 1. The van der Waals surface area contributed by atoms with E-state index in [0.717, 1.165) is 0 Å². The number of sulfonamides is 1. The Morgan fingerprint density at radius 1 is 1.47 bits per heavy atom. The number of carbonyl (C=O) groups is 1. The Morgan fingerprint density at radius 2 is 2.11 bits per heavy atom. The molecule has 19 heavy (non-hydrogen) atoms. The summed E-state index contributed by atoms with van der Waals surface area (Å²) in [7, 11) is -4.21. The summed E-state index contributed by atoms with van der Waals surface area (Å²) in [5.74, 6) is -3.80. The molecule has 0 spiro atoms. The zero-order valence-corrected chi connectivity index (χ0v) is 11.3. The number of anilines is 1. The van der Waals surface area contributed by atoms with E-state index in [1.807, 2.05) is 0 Å². The maximum absolute atomic E-state index is 12.8. The van der Waals surface area contributed by atoms with Crippen molar-refractivity contribution in [3.63, 3.8) is 0 Å². The van der Waals surface area contributed by atoms with Crippen LogP contribution in [0.3, 0.4) is 0 Å². The van der Waals surface area contributed by atoms with Crippen molar-refractivity contribution in [1.82, 2.24) is 14.9 Å². The summed E-state index contributed by atoms with van der Waals surface area (Å²) in [5.41, 5.74) is 4.78. The van der Waals surface area contributed by atoms with Crippen LogP contribution in [-0.4, -0.2) is 43.5 Å². The minimum Gasteiger partial charge on any atom is -0.325 e. The molecule has 1 aromatic heterocycles. The van der Waals surface area contributed by atoms with Gasteiger partial charge in [0.05, 0.1) is 13.1 Å². The van der Waals surface area contributed by atoms with Crippen LogP contribution >= 0.6 is 11.3 Å². The average molecular weight is 315 g/mol. The molecule has 0 aliphatic rings. The van der Waals surface area contributed by atoms with Crippen LogP contribution in [0.5, 0.6) is 0 Å². The van der Waals surface area contributed by atoms with Gasteiger partial charge >= 0.3 is 0 Å². The third-order valence-electron chi connectivity index (χ3n) is 1.74. The van der Waals surface area contributed by atoms with Crippen molar-refractivity contribution in [2.24, 2.45) is 5.73 Å². The van der Waals surface area contributed by atoms with Crippen LogP contribution in [0.1, 0.15) is 6.92 Å². The van der Waals surface area contributed by atoms with Crippen LogP contribution in [0.25, 0.3) is 0 Å². The molecular weight excluding hydrogens is 304 g/mol. The molecule has 0 unspecified atom stereocenters. The minimum atomic E-state index is -4.21. The first-order valence-electron chi connectivity index (χ1n) is 4.85. The highest BCUT2D eigenvalue weighted by atomic mass is 32.2. The number of amides is 1.